The molecule has 0 bridgehead atoms. The van der Waals surface area contributed by atoms with Crippen LogP contribution in [0.1, 0.15) is 18.2 Å². The lowest BCUT2D eigenvalue weighted by atomic mass is 10.2. The fourth-order valence-electron chi connectivity index (χ4n) is 2.11. The fraction of sp³-hybridized carbons (Fsp3) is 0.278. The van der Waals surface area contributed by atoms with Gasteiger partial charge in [-0.05, 0) is 31.6 Å². The third-order valence-corrected chi connectivity index (χ3v) is 3.58. The Morgan fingerprint density at radius 1 is 1.20 bits per heavy atom. The van der Waals surface area contributed by atoms with Crippen LogP contribution in [0.5, 0.6) is 0 Å². The number of carbonyl (C=O) groups is 1. The van der Waals surface area contributed by atoms with Crippen LogP contribution in [0.3, 0.4) is 0 Å². The normalized spacial score (nSPS) is 10.7. The molecule has 2 aromatic rings. The molecule has 2 rings (SSSR count). The summed E-state index contributed by atoms with van der Waals surface area (Å²) in [5.41, 5.74) is 1.69. The van der Waals surface area contributed by atoms with Crippen LogP contribution in [0.4, 0.5) is 11.8 Å². The predicted octanol–water partition coefficient (Wildman–Crippen LogP) is 3.11. The Hall–Kier alpha value is -2.60. The van der Waals surface area contributed by atoms with E-state index < -0.39 is 0 Å². The number of nitrogens with zero attached hydrogens (tertiary/aromatic N) is 2. The summed E-state index contributed by atoms with van der Waals surface area (Å²) < 4.78 is 0. The molecule has 0 spiro atoms. The van der Waals surface area contributed by atoms with Crippen molar-refractivity contribution in [3.63, 3.8) is 0 Å². The second kappa shape index (κ2) is 9.64. The summed E-state index contributed by atoms with van der Waals surface area (Å²) in [7, 11) is 0. The van der Waals surface area contributed by atoms with Gasteiger partial charge in [0.05, 0.1) is 0 Å². The Kier molecular flexibility index (Phi) is 7.22. The molecule has 0 atom stereocenters. The second-order valence-corrected chi connectivity index (χ2v) is 5.73. The van der Waals surface area contributed by atoms with E-state index in [9.17, 15) is 4.79 Å². The minimum Gasteiger partial charge on any atom is -0.368 e. The third-order valence-electron chi connectivity index (χ3n) is 3.24. The molecule has 0 aliphatic rings. The van der Waals surface area contributed by atoms with Crippen molar-refractivity contribution in [3.8, 4) is 0 Å². The summed E-state index contributed by atoms with van der Waals surface area (Å²) in [6, 6.07) is 9.22. The van der Waals surface area contributed by atoms with E-state index in [1.165, 1.54) is 6.08 Å². The second-order valence-electron chi connectivity index (χ2n) is 5.32. The summed E-state index contributed by atoms with van der Waals surface area (Å²) in [5.74, 6) is 1.15. The van der Waals surface area contributed by atoms with Gasteiger partial charge < -0.3 is 16.0 Å². The summed E-state index contributed by atoms with van der Waals surface area (Å²) in [5, 5.41) is 9.68. The smallest absolute Gasteiger partial charge is 0.244 e. The molecular weight excluding hydrogens is 338 g/mol. The predicted molar refractivity (Wildman–Crippen MR) is 103 cm³/mol. The molecule has 1 amide bonds. The first-order valence-electron chi connectivity index (χ1n) is 8.12. The molecule has 6 nitrogen and oxygen atoms in total. The number of anilines is 2. The number of hydrogen-bond acceptors (Lipinski definition) is 5. The van der Waals surface area contributed by atoms with Crippen LogP contribution in [-0.4, -0.2) is 35.5 Å². The van der Waals surface area contributed by atoms with Crippen molar-refractivity contribution >= 4 is 35.4 Å². The van der Waals surface area contributed by atoms with Crippen molar-refractivity contribution in [1.29, 1.82) is 0 Å². The maximum absolute atomic E-state index is 11.8. The third kappa shape index (κ3) is 6.43. The van der Waals surface area contributed by atoms with Crippen LogP contribution < -0.4 is 16.0 Å². The van der Waals surface area contributed by atoms with Crippen LogP contribution in [0, 0.1) is 6.92 Å². The average molecular weight is 360 g/mol. The summed E-state index contributed by atoms with van der Waals surface area (Å²) >= 11 is 6.04. The first-order valence-corrected chi connectivity index (χ1v) is 8.50. The highest BCUT2D eigenvalue weighted by atomic mass is 35.5. The van der Waals surface area contributed by atoms with Gasteiger partial charge in [-0.3, -0.25) is 4.79 Å². The Labute approximate surface area is 152 Å². The molecule has 0 aliphatic heterocycles. The minimum absolute atomic E-state index is 0.172. The molecular formula is C18H22ClN5O. The van der Waals surface area contributed by atoms with Gasteiger partial charge in [-0.2, -0.15) is 4.98 Å². The molecule has 0 fully saturated rings. The molecule has 7 heteroatoms. The number of hydrogen-bond donors (Lipinski definition) is 3. The maximum atomic E-state index is 11.8. The van der Waals surface area contributed by atoms with Crippen LogP contribution in [-0.2, 0) is 4.79 Å². The van der Waals surface area contributed by atoms with Gasteiger partial charge in [-0.1, -0.05) is 29.8 Å². The average Bonchev–Trinajstić information content (AvgIpc) is 2.58. The molecule has 0 saturated heterocycles. The SMILES string of the molecule is CCNc1nc(C)cc(NCCNC(=O)/C=C/c2ccccc2Cl)n1. The monoisotopic (exact) mass is 359 g/mol. The molecule has 132 valence electrons. The van der Waals surface area contributed by atoms with Gasteiger partial charge in [0.1, 0.15) is 5.82 Å². The van der Waals surface area contributed by atoms with E-state index in [1.807, 2.05) is 38.1 Å². The zero-order chi connectivity index (χ0) is 18.1. The zero-order valence-corrected chi connectivity index (χ0v) is 15.1. The van der Waals surface area contributed by atoms with E-state index >= 15 is 0 Å². The Balaban J connectivity index is 1.77. The van der Waals surface area contributed by atoms with Gasteiger partial charge in [0.2, 0.25) is 11.9 Å². The Morgan fingerprint density at radius 3 is 2.76 bits per heavy atom. The lowest BCUT2D eigenvalue weighted by molar-refractivity contribution is -0.116. The molecule has 1 aromatic heterocycles. The van der Waals surface area contributed by atoms with Crippen molar-refractivity contribution in [2.24, 2.45) is 0 Å². The molecule has 0 aliphatic carbocycles. The number of aromatic nitrogens is 2. The number of rotatable bonds is 8. The van der Waals surface area contributed by atoms with Gasteiger partial charge in [-0.15, -0.1) is 0 Å². The van der Waals surface area contributed by atoms with E-state index in [2.05, 4.69) is 25.9 Å². The van der Waals surface area contributed by atoms with E-state index in [-0.39, 0.29) is 5.91 Å². The quantitative estimate of drug-likeness (QED) is 0.498. The standard InChI is InChI=1S/C18H22ClN5O/c1-3-20-18-23-13(2)12-16(24-18)21-10-11-22-17(25)9-8-14-6-4-5-7-15(14)19/h4-9,12H,3,10-11H2,1-2H3,(H,22,25)(H2,20,21,23,24)/b9-8+. The van der Waals surface area contributed by atoms with E-state index in [1.54, 1.807) is 12.1 Å². The molecule has 0 saturated carbocycles. The molecule has 0 radical (unpaired) electrons. The minimum atomic E-state index is -0.172. The summed E-state index contributed by atoms with van der Waals surface area (Å²) in [4.78, 5) is 20.5. The maximum Gasteiger partial charge on any atom is 0.244 e. The first-order chi connectivity index (χ1) is 12.1. The van der Waals surface area contributed by atoms with Crippen LogP contribution in [0.25, 0.3) is 6.08 Å². The molecule has 1 aromatic carbocycles. The van der Waals surface area contributed by atoms with Gasteiger partial charge in [0, 0.05) is 42.5 Å². The fourth-order valence-corrected chi connectivity index (χ4v) is 2.31. The van der Waals surface area contributed by atoms with Crippen molar-refractivity contribution in [2.75, 3.05) is 30.3 Å². The number of amides is 1. The van der Waals surface area contributed by atoms with Gasteiger partial charge in [0.25, 0.3) is 0 Å². The Bertz CT molecular complexity index is 748. The zero-order valence-electron chi connectivity index (χ0n) is 14.3. The van der Waals surface area contributed by atoms with E-state index in [4.69, 9.17) is 11.6 Å². The summed E-state index contributed by atoms with van der Waals surface area (Å²) in [6.07, 6.45) is 3.17. The molecule has 3 N–H and O–H groups in total. The molecule has 0 unspecified atom stereocenters. The van der Waals surface area contributed by atoms with Gasteiger partial charge >= 0.3 is 0 Å². The van der Waals surface area contributed by atoms with Crippen molar-refractivity contribution < 1.29 is 4.79 Å². The van der Waals surface area contributed by atoms with E-state index in [0.29, 0.717) is 24.1 Å². The highest BCUT2D eigenvalue weighted by molar-refractivity contribution is 6.32. The highest BCUT2D eigenvalue weighted by Crippen LogP contribution is 2.16. The van der Waals surface area contributed by atoms with E-state index in [0.717, 1.165) is 23.6 Å². The number of carbonyl (C=O) groups excluding carboxylic acids is 1. The van der Waals surface area contributed by atoms with Gasteiger partial charge in [0.15, 0.2) is 0 Å². The van der Waals surface area contributed by atoms with Crippen LogP contribution in [0.15, 0.2) is 36.4 Å². The first kappa shape index (κ1) is 18.7. The van der Waals surface area contributed by atoms with Crippen LogP contribution >= 0.6 is 11.6 Å². The molecule has 1 heterocycles. The lowest BCUT2D eigenvalue weighted by Gasteiger charge is -2.09. The number of nitrogens with one attached hydrogen (secondary N) is 3. The highest BCUT2D eigenvalue weighted by Gasteiger charge is 2.01. The Morgan fingerprint density at radius 2 is 2.00 bits per heavy atom. The number of halogens is 1. The number of aryl methyl sites for hydroxylation is 1. The number of benzene rings is 1. The topological polar surface area (TPSA) is 78.9 Å². The van der Waals surface area contributed by atoms with Crippen LogP contribution in [0.2, 0.25) is 5.02 Å². The van der Waals surface area contributed by atoms with Crippen molar-refractivity contribution in [3.05, 3.63) is 52.7 Å². The summed E-state index contributed by atoms with van der Waals surface area (Å²) in [6.45, 7) is 5.70. The lowest BCUT2D eigenvalue weighted by Crippen LogP contribution is -2.27. The van der Waals surface area contributed by atoms with Crippen molar-refractivity contribution in [1.82, 2.24) is 15.3 Å². The molecule has 25 heavy (non-hydrogen) atoms. The van der Waals surface area contributed by atoms with Gasteiger partial charge in [-0.25, -0.2) is 4.98 Å². The largest absolute Gasteiger partial charge is 0.368 e. The van der Waals surface area contributed by atoms with Crippen molar-refractivity contribution in [2.45, 2.75) is 13.8 Å².